The summed E-state index contributed by atoms with van der Waals surface area (Å²) in [6.07, 6.45) is 1.76. The third-order valence-electron chi connectivity index (χ3n) is 8.46. The summed E-state index contributed by atoms with van der Waals surface area (Å²) in [4.78, 5) is 74.3. The van der Waals surface area contributed by atoms with Crippen molar-refractivity contribution in [3.63, 3.8) is 0 Å². The van der Waals surface area contributed by atoms with Crippen LogP contribution in [0.5, 0.6) is 5.75 Å². The van der Waals surface area contributed by atoms with Crippen LogP contribution in [0, 0.1) is 23.7 Å². The second-order valence-electron chi connectivity index (χ2n) is 11.0. The molecule has 1 aromatic carbocycles. The van der Waals surface area contributed by atoms with Gasteiger partial charge >= 0.3 is 0 Å². The van der Waals surface area contributed by atoms with Gasteiger partial charge in [0.15, 0.2) is 34.7 Å². The predicted molar refractivity (Wildman–Crippen MR) is 139 cm³/mol. The minimum absolute atomic E-state index is 0.0122. The Morgan fingerprint density at radius 2 is 1.79 bits per heavy atom. The van der Waals surface area contributed by atoms with Gasteiger partial charge in [-0.1, -0.05) is 6.07 Å². The topological polar surface area (TPSA) is 171 Å². The number of fused-ring (bicyclic) bond motifs is 3. The summed E-state index contributed by atoms with van der Waals surface area (Å²) < 4.78 is 0. The highest BCUT2D eigenvalue weighted by atomic mass is 16.3. The summed E-state index contributed by atoms with van der Waals surface area (Å²) in [7, 11) is 6.49. The molecular weight excluding hydrogens is 504 g/mol. The highest BCUT2D eigenvalue weighted by Gasteiger charge is 2.69. The summed E-state index contributed by atoms with van der Waals surface area (Å²) in [6.45, 7) is 0. The minimum Gasteiger partial charge on any atom is -0.505 e. The molecule has 5 rings (SSSR count). The maximum absolute atomic E-state index is 14.0. The first-order valence-corrected chi connectivity index (χ1v) is 12.6. The normalized spacial score (nSPS) is 30.1. The Bertz CT molecular complexity index is 1440. The summed E-state index contributed by atoms with van der Waals surface area (Å²) in [5.41, 5.74) is 4.57. The number of hydrogen-bond acceptors (Lipinski definition) is 10. The molecule has 1 aromatic heterocycles. The van der Waals surface area contributed by atoms with Crippen molar-refractivity contribution < 1.29 is 34.2 Å². The van der Waals surface area contributed by atoms with Gasteiger partial charge in [0.25, 0.3) is 0 Å². The number of nitrogens with two attached hydrogens (primary N) is 1. The SMILES string of the molecule is CN(C)c1cc(-c2ccccn2)c2c(c1O)C(=O)C1C(=O)[C@]3(O)C(=O)C(C(N)=O)C(=O)[C@@H](N(C)C)[C@@H]3C[C@@H]1C2. The summed E-state index contributed by atoms with van der Waals surface area (Å²) >= 11 is 0. The molecule has 39 heavy (non-hydrogen) atoms. The van der Waals surface area contributed by atoms with Crippen LogP contribution in [0.4, 0.5) is 5.69 Å². The van der Waals surface area contributed by atoms with Gasteiger partial charge in [-0.25, -0.2) is 0 Å². The van der Waals surface area contributed by atoms with E-state index in [4.69, 9.17) is 5.73 Å². The van der Waals surface area contributed by atoms with Gasteiger partial charge in [-0.3, -0.25) is 33.9 Å². The molecule has 204 valence electrons. The molecule has 2 aromatic rings. The highest BCUT2D eigenvalue weighted by Crippen LogP contribution is 2.52. The summed E-state index contributed by atoms with van der Waals surface area (Å²) in [5.74, 6) is -10.7. The second kappa shape index (κ2) is 9.06. The number of primary amides is 1. The Hall–Kier alpha value is -3.96. The van der Waals surface area contributed by atoms with E-state index in [1.807, 2.05) is 0 Å². The van der Waals surface area contributed by atoms with E-state index in [1.54, 1.807) is 63.6 Å². The number of aromatic nitrogens is 1. The third-order valence-corrected chi connectivity index (χ3v) is 8.46. The maximum Gasteiger partial charge on any atom is 0.235 e. The molecular formula is C28H30N4O7. The Kier molecular flexibility index (Phi) is 6.19. The Balaban J connectivity index is 1.71. The number of phenols is 1. The standard InChI is InChI=1S/C28H30N4O7/c1-31(2)17-11-13(16-7-5-6-8-30-16)14-9-12-10-15-21(32(3)4)24(35)20(27(29)38)26(37)28(15,39)25(36)18(12)23(34)19(14)22(17)33/h5-8,11-12,15,18,20-21,33,39H,9-10H2,1-4H3,(H2,29,38)/t12-,15-,18?,20?,21-,28-/m0/s1. The van der Waals surface area contributed by atoms with Crippen LogP contribution >= 0.6 is 0 Å². The van der Waals surface area contributed by atoms with E-state index in [2.05, 4.69) is 4.98 Å². The fourth-order valence-electron chi connectivity index (χ4n) is 6.75. The van der Waals surface area contributed by atoms with Gasteiger partial charge in [0.05, 0.1) is 28.9 Å². The molecule has 0 aliphatic heterocycles. The number of carbonyl (C=O) groups excluding carboxylic acids is 5. The molecule has 0 saturated heterocycles. The van der Waals surface area contributed by atoms with E-state index in [9.17, 15) is 34.2 Å². The largest absolute Gasteiger partial charge is 0.505 e. The third kappa shape index (κ3) is 3.64. The molecule has 11 nitrogen and oxygen atoms in total. The van der Waals surface area contributed by atoms with Crippen LogP contribution in [0.2, 0.25) is 0 Å². The van der Waals surface area contributed by atoms with Crippen molar-refractivity contribution in [3.8, 4) is 17.0 Å². The molecule has 2 fully saturated rings. The zero-order chi connectivity index (χ0) is 28.5. The molecule has 3 aliphatic rings. The molecule has 11 heteroatoms. The number of pyridine rings is 1. The number of phenolic OH excluding ortho intramolecular Hbond substituents is 1. The number of ketones is 4. The Labute approximate surface area is 224 Å². The number of likely N-dealkylation sites (N-methyl/N-ethyl adjacent to an activating group) is 1. The average Bonchev–Trinajstić information content (AvgIpc) is 2.86. The van der Waals surface area contributed by atoms with E-state index in [0.29, 0.717) is 22.5 Å². The number of amides is 1. The lowest BCUT2D eigenvalue weighted by Gasteiger charge is -2.52. The lowest BCUT2D eigenvalue weighted by Crippen LogP contribution is -2.74. The number of anilines is 1. The highest BCUT2D eigenvalue weighted by molar-refractivity contribution is 6.32. The molecule has 4 N–H and O–H groups in total. The predicted octanol–water partition coefficient (Wildman–Crippen LogP) is -0.00500. The Morgan fingerprint density at radius 3 is 2.36 bits per heavy atom. The zero-order valence-electron chi connectivity index (χ0n) is 22.0. The van der Waals surface area contributed by atoms with Crippen molar-refractivity contribution in [1.82, 2.24) is 9.88 Å². The van der Waals surface area contributed by atoms with Gasteiger partial charge in [-0.05, 0) is 56.6 Å². The average molecular weight is 535 g/mol. The summed E-state index contributed by atoms with van der Waals surface area (Å²) in [6, 6.07) is 5.91. The van der Waals surface area contributed by atoms with E-state index in [0.717, 1.165) is 0 Å². The number of Topliss-reactive ketones (excluding diaryl/α,β-unsaturated/α-hetero) is 4. The molecule has 2 saturated carbocycles. The maximum atomic E-state index is 14.0. The molecule has 0 bridgehead atoms. The van der Waals surface area contributed by atoms with Gasteiger partial charge in [0, 0.05) is 31.8 Å². The van der Waals surface area contributed by atoms with Gasteiger partial charge in [0.1, 0.15) is 5.75 Å². The molecule has 1 amide bonds. The van der Waals surface area contributed by atoms with E-state index >= 15 is 0 Å². The fourth-order valence-corrected chi connectivity index (χ4v) is 6.75. The number of carbonyl (C=O) groups is 5. The van der Waals surface area contributed by atoms with Crippen molar-refractivity contribution in [2.75, 3.05) is 33.1 Å². The van der Waals surface area contributed by atoms with Gasteiger partial charge < -0.3 is 20.8 Å². The van der Waals surface area contributed by atoms with E-state index < -0.39 is 64.4 Å². The van der Waals surface area contributed by atoms with Crippen molar-refractivity contribution >= 4 is 34.7 Å². The van der Waals surface area contributed by atoms with Crippen LogP contribution in [0.25, 0.3) is 11.3 Å². The first kappa shape index (κ1) is 26.6. The number of rotatable bonds is 4. The molecule has 2 unspecified atom stereocenters. The fraction of sp³-hybridized carbons (Fsp3) is 0.429. The van der Waals surface area contributed by atoms with E-state index in [-0.39, 0.29) is 24.2 Å². The summed E-state index contributed by atoms with van der Waals surface area (Å²) in [5, 5.41) is 22.9. The van der Waals surface area contributed by atoms with Crippen LogP contribution in [0.3, 0.4) is 0 Å². The van der Waals surface area contributed by atoms with Crippen molar-refractivity contribution in [3.05, 3.63) is 41.6 Å². The van der Waals surface area contributed by atoms with Gasteiger partial charge in [-0.2, -0.15) is 0 Å². The molecule has 0 radical (unpaired) electrons. The Morgan fingerprint density at radius 1 is 1.10 bits per heavy atom. The van der Waals surface area contributed by atoms with Gasteiger partial charge in [-0.15, -0.1) is 0 Å². The zero-order valence-corrected chi connectivity index (χ0v) is 22.0. The van der Waals surface area contributed by atoms with Crippen LogP contribution in [-0.4, -0.2) is 89.0 Å². The number of nitrogens with zero attached hydrogens (tertiary/aromatic N) is 3. The molecule has 3 aliphatic carbocycles. The van der Waals surface area contributed by atoms with Crippen LogP contribution < -0.4 is 10.6 Å². The first-order chi connectivity index (χ1) is 18.3. The molecule has 6 atom stereocenters. The van der Waals surface area contributed by atoms with E-state index in [1.165, 1.54) is 4.90 Å². The number of aliphatic hydroxyl groups is 1. The second-order valence-corrected chi connectivity index (χ2v) is 11.0. The van der Waals surface area contributed by atoms with Crippen molar-refractivity contribution in [2.45, 2.75) is 24.5 Å². The number of hydrogen-bond donors (Lipinski definition) is 3. The van der Waals surface area contributed by atoms with Crippen LogP contribution in [0.1, 0.15) is 22.3 Å². The van der Waals surface area contributed by atoms with Gasteiger partial charge in [0.2, 0.25) is 5.91 Å². The lowest BCUT2D eigenvalue weighted by atomic mass is 9.52. The number of aromatic hydroxyl groups is 1. The van der Waals surface area contributed by atoms with Crippen molar-refractivity contribution in [2.24, 2.45) is 29.4 Å². The van der Waals surface area contributed by atoms with Crippen LogP contribution in [0.15, 0.2) is 30.5 Å². The monoisotopic (exact) mass is 534 g/mol. The van der Waals surface area contributed by atoms with Crippen LogP contribution in [-0.2, 0) is 25.6 Å². The smallest absolute Gasteiger partial charge is 0.235 e. The van der Waals surface area contributed by atoms with Crippen molar-refractivity contribution in [1.29, 1.82) is 0 Å². The number of benzene rings is 1. The molecule has 0 spiro atoms. The quantitative estimate of drug-likeness (QED) is 0.453. The minimum atomic E-state index is -2.75. The first-order valence-electron chi connectivity index (χ1n) is 12.6. The lowest BCUT2D eigenvalue weighted by molar-refractivity contribution is -0.181. The molecule has 1 heterocycles.